The van der Waals surface area contributed by atoms with Crippen LogP contribution < -0.4 is 0 Å². The van der Waals surface area contributed by atoms with Crippen LogP contribution in [-0.2, 0) is 0 Å². The summed E-state index contributed by atoms with van der Waals surface area (Å²) < 4.78 is 0. The minimum absolute atomic E-state index is 1.16. The van der Waals surface area contributed by atoms with Crippen molar-refractivity contribution >= 4 is 12.6 Å². The van der Waals surface area contributed by atoms with Gasteiger partial charge in [0.15, 0.2) is 0 Å². The average molecular weight is 196 g/mol. The first-order chi connectivity index (χ1) is 6.39. The van der Waals surface area contributed by atoms with Crippen LogP contribution in [0.5, 0.6) is 0 Å². The molecule has 74 valence electrons. The predicted molar refractivity (Wildman–Crippen MR) is 63.1 cm³/mol. The van der Waals surface area contributed by atoms with E-state index in [0.717, 1.165) is 6.42 Å². The molecule has 0 amide bonds. The van der Waals surface area contributed by atoms with Crippen LogP contribution in [0, 0.1) is 0 Å². The summed E-state index contributed by atoms with van der Waals surface area (Å²) in [7, 11) is 0. The molecule has 0 radical (unpaired) electrons. The van der Waals surface area contributed by atoms with Gasteiger partial charge >= 0.3 is 0 Å². The van der Waals surface area contributed by atoms with Crippen molar-refractivity contribution in [2.24, 2.45) is 0 Å². The maximum absolute atomic E-state index is 4.43. The number of rotatable bonds is 0. The van der Waals surface area contributed by atoms with E-state index in [9.17, 15) is 0 Å². The summed E-state index contributed by atoms with van der Waals surface area (Å²) in [5, 5.41) is 0. The fraction of sp³-hybridized carbons (Fsp3) is 0.667. The van der Waals surface area contributed by atoms with Gasteiger partial charge in [0.05, 0.1) is 0 Å². The van der Waals surface area contributed by atoms with Crippen LogP contribution in [0.3, 0.4) is 0 Å². The van der Waals surface area contributed by atoms with Gasteiger partial charge in [0, 0.05) is 0 Å². The first-order valence-electron chi connectivity index (χ1n) is 5.44. The highest BCUT2D eigenvalue weighted by molar-refractivity contribution is 7.84. The first kappa shape index (κ1) is 10.9. The predicted octanol–water partition coefficient (Wildman–Crippen LogP) is 4.49. The number of hydrogen-bond donors (Lipinski definition) is 1. The summed E-state index contributed by atoms with van der Waals surface area (Å²) in [5.41, 5.74) is 0. The lowest BCUT2D eigenvalue weighted by molar-refractivity contribution is 0.598. The van der Waals surface area contributed by atoms with Gasteiger partial charge in [-0.1, -0.05) is 43.9 Å². The summed E-state index contributed by atoms with van der Waals surface area (Å²) in [6, 6.07) is 0. The molecule has 13 heavy (non-hydrogen) atoms. The zero-order valence-electron chi connectivity index (χ0n) is 8.34. The normalized spacial score (nSPS) is 27.9. The zero-order chi connectivity index (χ0) is 9.36. The third-order valence-electron chi connectivity index (χ3n) is 2.48. The highest BCUT2D eigenvalue weighted by Gasteiger charge is 1.94. The Bertz CT molecular complexity index is 180. The highest BCUT2D eigenvalue weighted by Crippen LogP contribution is 2.15. The van der Waals surface area contributed by atoms with Gasteiger partial charge in [-0.3, -0.25) is 0 Å². The van der Waals surface area contributed by atoms with Crippen LogP contribution in [0.15, 0.2) is 23.1 Å². The van der Waals surface area contributed by atoms with E-state index in [0.29, 0.717) is 0 Å². The molecule has 0 bridgehead atoms. The van der Waals surface area contributed by atoms with Crippen LogP contribution in [0.2, 0.25) is 0 Å². The lowest BCUT2D eigenvalue weighted by atomic mass is 10.1. The Morgan fingerprint density at radius 3 is 2.46 bits per heavy atom. The second kappa shape index (κ2) is 7.25. The summed E-state index contributed by atoms with van der Waals surface area (Å²) >= 11 is 4.43. The summed E-state index contributed by atoms with van der Waals surface area (Å²) in [6.07, 6.45) is 17.2. The molecule has 1 aliphatic rings. The minimum atomic E-state index is 1.16. The SMILES string of the molecule is S/C1=C/C=C/CCCCCCCC1. The van der Waals surface area contributed by atoms with Crippen LogP contribution in [0.25, 0.3) is 0 Å². The van der Waals surface area contributed by atoms with E-state index in [1.807, 2.05) is 0 Å². The number of thiol groups is 1. The molecule has 0 aromatic carbocycles. The Hall–Kier alpha value is -0.170. The fourth-order valence-electron chi connectivity index (χ4n) is 1.63. The standard InChI is InChI=1S/C12H20S/c13-12-10-8-6-4-2-1-3-5-7-9-11-12/h6,8,10,13H,1-5,7,9,11H2/b8-6+,12-10+. The molecule has 0 unspecified atom stereocenters. The number of hydrogen-bond acceptors (Lipinski definition) is 1. The van der Waals surface area contributed by atoms with Gasteiger partial charge in [0.25, 0.3) is 0 Å². The van der Waals surface area contributed by atoms with Crippen molar-refractivity contribution in [1.29, 1.82) is 0 Å². The molecule has 1 rings (SSSR count). The Balaban J connectivity index is 2.34. The largest absolute Gasteiger partial charge is 0.148 e. The topological polar surface area (TPSA) is 0 Å². The maximum atomic E-state index is 4.43. The molecule has 0 saturated carbocycles. The quantitative estimate of drug-likeness (QED) is 0.542. The van der Waals surface area contributed by atoms with Crippen molar-refractivity contribution in [1.82, 2.24) is 0 Å². The van der Waals surface area contributed by atoms with Crippen molar-refractivity contribution in [3.05, 3.63) is 23.1 Å². The van der Waals surface area contributed by atoms with E-state index >= 15 is 0 Å². The molecule has 0 aromatic rings. The van der Waals surface area contributed by atoms with Gasteiger partial charge in [-0.25, -0.2) is 0 Å². The second-order valence-corrected chi connectivity index (χ2v) is 4.32. The molecule has 0 nitrogen and oxygen atoms in total. The molecule has 0 atom stereocenters. The monoisotopic (exact) mass is 196 g/mol. The molecular formula is C12H20S. The van der Waals surface area contributed by atoms with Crippen molar-refractivity contribution in [3.63, 3.8) is 0 Å². The van der Waals surface area contributed by atoms with E-state index in [1.165, 1.54) is 49.9 Å². The molecule has 0 aliphatic heterocycles. The average Bonchev–Trinajstić information content (AvgIpc) is 2.11. The third kappa shape index (κ3) is 5.98. The molecule has 0 N–H and O–H groups in total. The van der Waals surface area contributed by atoms with Gasteiger partial charge in [-0.2, -0.15) is 0 Å². The number of allylic oxidation sites excluding steroid dienone is 4. The summed E-state index contributed by atoms with van der Waals surface area (Å²) in [4.78, 5) is 1.23. The van der Waals surface area contributed by atoms with Crippen molar-refractivity contribution < 1.29 is 0 Å². The summed E-state index contributed by atoms with van der Waals surface area (Å²) in [5.74, 6) is 0. The van der Waals surface area contributed by atoms with Crippen molar-refractivity contribution in [2.45, 2.75) is 51.4 Å². The van der Waals surface area contributed by atoms with E-state index in [2.05, 4.69) is 30.9 Å². The molecule has 0 aromatic heterocycles. The lowest BCUT2D eigenvalue weighted by Gasteiger charge is -2.02. The summed E-state index contributed by atoms with van der Waals surface area (Å²) in [6.45, 7) is 0. The Labute approximate surface area is 87.5 Å². The molecular weight excluding hydrogens is 176 g/mol. The molecule has 0 heterocycles. The van der Waals surface area contributed by atoms with Crippen molar-refractivity contribution in [2.75, 3.05) is 0 Å². The van der Waals surface area contributed by atoms with Gasteiger partial charge < -0.3 is 0 Å². The zero-order valence-corrected chi connectivity index (χ0v) is 9.23. The van der Waals surface area contributed by atoms with E-state index < -0.39 is 0 Å². The Morgan fingerprint density at radius 2 is 1.62 bits per heavy atom. The Kier molecular flexibility index (Phi) is 6.09. The van der Waals surface area contributed by atoms with E-state index in [-0.39, 0.29) is 0 Å². The second-order valence-electron chi connectivity index (χ2n) is 3.75. The van der Waals surface area contributed by atoms with E-state index in [1.54, 1.807) is 0 Å². The highest BCUT2D eigenvalue weighted by atomic mass is 32.1. The molecule has 0 fully saturated rings. The Morgan fingerprint density at radius 1 is 0.923 bits per heavy atom. The molecule has 1 aliphatic carbocycles. The maximum Gasteiger partial charge on any atom is -0.0184 e. The molecule has 1 heteroatoms. The van der Waals surface area contributed by atoms with Crippen LogP contribution in [0.4, 0.5) is 0 Å². The first-order valence-corrected chi connectivity index (χ1v) is 5.89. The lowest BCUT2D eigenvalue weighted by Crippen LogP contribution is -1.82. The molecule has 0 saturated heterocycles. The van der Waals surface area contributed by atoms with Gasteiger partial charge in [-0.15, -0.1) is 12.6 Å². The van der Waals surface area contributed by atoms with Crippen molar-refractivity contribution in [3.8, 4) is 0 Å². The van der Waals surface area contributed by atoms with Crippen LogP contribution in [0.1, 0.15) is 51.4 Å². The van der Waals surface area contributed by atoms with Gasteiger partial charge in [-0.05, 0) is 30.6 Å². The van der Waals surface area contributed by atoms with Crippen LogP contribution >= 0.6 is 12.6 Å². The van der Waals surface area contributed by atoms with E-state index in [4.69, 9.17) is 0 Å². The third-order valence-corrected chi connectivity index (χ3v) is 2.85. The fourth-order valence-corrected chi connectivity index (χ4v) is 1.88. The van der Waals surface area contributed by atoms with Gasteiger partial charge in [0.2, 0.25) is 0 Å². The minimum Gasteiger partial charge on any atom is -0.148 e. The van der Waals surface area contributed by atoms with Gasteiger partial charge in [0.1, 0.15) is 0 Å². The molecule has 0 spiro atoms. The van der Waals surface area contributed by atoms with Crippen LogP contribution in [-0.4, -0.2) is 0 Å². The smallest absolute Gasteiger partial charge is 0.0184 e.